The monoisotopic (exact) mass is 138 g/mol. The molecule has 0 aromatic heterocycles. The van der Waals surface area contributed by atoms with Gasteiger partial charge < -0.3 is 11.0 Å². The van der Waals surface area contributed by atoms with Crippen LogP contribution in [0.15, 0.2) is 0 Å². The molecule has 0 amide bonds. The first-order valence-corrected chi connectivity index (χ1v) is 1.95. The molecule has 0 unspecified atom stereocenters. The van der Waals surface area contributed by atoms with E-state index in [0.29, 0.717) is 0 Å². The van der Waals surface area contributed by atoms with Gasteiger partial charge in [0.2, 0.25) is 0 Å². The molecule has 0 radical (unpaired) electrons. The van der Waals surface area contributed by atoms with Gasteiger partial charge in [-0.2, -0.15) is 0 Å². The number of hydrogen-bond donors (Lipinski definition) is 2. The smallest absolute Gasteiger partial charge is 1.00 e. The normalized spacial score (nSPS) is 4.00. The van der Waals surface area contributed by atoms with Crippen LogP contribution in [0.5, 0.6) is 0 Å². The Kier molecular flexibility index (Phi) is 24.8. The minimum atomic E-state index is -3.13. The van der Waals surface area contributed by atoms with E-state index in [4.69, 9.17) is 14.1 Å². The Bertz CT molecular complexity index is 37.9. The van der Waals surface area contributed by atoms with E-state index in [0.717, 1.165) is 0 Å². The SMILES string of the molecule is F.O=[Si](O)O.[H-].[K+]. The first-order valence-electron chi connectivity index (χ1n) is 0.651. The molecule has 0 aromatic carbocycles. The minimum Gasteiger partial charge on any atom is -1.00 e. The summed E-state index contributed by atoms with van der Waals surface area (Å²) in [7, 11) is -3.13. The van der Waals surface area contributed by atoms with Gasteiger partial charge in [0.25, 0.3) is 0 Å². The Balaban J connectivity index is -0.0000000150. The van der Waals surface area contributed by atoms with Crippen LogP contribution in [0.2, 0.25) is 0 Å². The maximum Gasteiger partial charge on any atom is 1.00 e. The van der Waals surface area contributed by atoms with Crippen LogP contribution in [0.25, 0.3) is 0 Å². The predicted octanol–water partition coefficient (Wildman–Crippen LogP) is -4.34. The van der Waals surface area contributed by atoms with E-state index in [1.807, 2.05) is 0 Å². The van der Waals surface area contributed by atoms with Crippen molar-refractivity contribution in [2.75, 3.05) is 0 Å². The molecule has 0 saturated carbocycles. The van der Waals surface area contributed by atoms with Crippen molar-refractivity contribution in [1.82, 2.24) is 0 Å². The fourth-order valence-corrected chi connectivity index (χ4v) is 0. The fraction of sp³-hybridized carbons (Fsp3) is 0. The van der Waals surface area contributed by atoms with E-state index in [9.17, 15) is 0 Å². The third-order valence-electron chi connectivity index (χ3n) is 0. The van der Waals surface area contributed by atoms with Crippen molar-refractivity contribution in [2.24, 2.45) is 0 Å². The van der Waals surface area contributed by atoms with Crippen molar-refractivity contribution in [2.45, 2.75) is 0 Å². The summed E-state index contributed by atoms with van der Waals surface area (Å²) in [5.41, 5.74) is 0. The third kappa shape index (κ3) is 64.8. The molecule has 0 heterocycles. The summed E-state index contributed by atoms with van der Waals surface area (Å²) in [6, 6.07) is 0. The van der Waals surface area contributed by atoms with Crippen molar-refractivity contribution in [3.8, 4) is 0 Å². The van der Waals surface area contributed by atoms with Gasteiger partial charge in [-0.1, -0.05) is 0 Å². The quantitative estimate of drug-likeness (QED) is 0.333. The maximum absolute atomic E-state index is 8.74. The summed E-state index contributed by atoms with van der Waals surface area (Å²) in [5, 5.41) is 0. The van der Waals surface area contributed by atoms with Gasteiger partial charge in [-0.3, -0.25) is 9.17 Å². The van der Waals surface area contributed by atoms with Crippen molar-refractivity contribution >= 4 is 9.17 Å². The summed E-state index contributed by atoms with van der Waals surface area (Å²) >= 11 is 0. The molecule has 34 valence electrons. The van der Waals surface area contributed by atoms with Crippen LogP contribution >= 0.6 is 0 Å². The molecule has 0 aliphatic carbocycles. The predicted molar refractivity (Wildman–Crippen MR) is 14.5 cm³/mol. The number of hydrogen-bond acceptors (Lipinski definition) is 1. The first kappa shape index (κ1) is 15.7. The second-order valence-electron chi connectivity index (χ2n) is 0.283. The van der Waals surface area contributed by atoms with E-state index in [2.05, 4.69) is 0 Å². The summed E-state index contributed by atoms with van der Waals surface area (Å²) in [4.78, 5) is 14.3. The molecular formula is H4FKO3Si. The molecule has 0 bridgehead atoms. The average molecular weight is 138 g/mol. The van der Waals surface area contributed by atoms with Gasteiger partial charge in [-0.05, 0) is 0 Å². The van der Waals surface area contributed by atoms with Crippen molar-refractivity contribution in [3.63, 3.8) is 0 Å². The zero-order chi connectivity index (χ0) is 3.58. The van der Waals surface area contributed by atoms with Gasteiger partial charge in [0.05, 0.1) is 0 Å². The third-order valence-corrected chi connectivity index (χ3v) is 0. The van der Waals surface area contributed by atoms with Gasteiger partial charge >= 0.3 is 60.6 Å². The van der Waals surface area contributed by atoms with Crippen molar-refractivity contribution < 1.29 is 71.6 Å². The fourth-order valence-electron chi connectivity index (χ4n) is 0. The summed E-state index contributed by atoms with van der Waals surface area (Å²) < 4.78 is 8.74. The molecule has 0 atom stereocenters. The Morgan fingerprint density at radius 3 is 1.50 bits per heavy atom. The van der Waals surface area contributed by atoms with Crippen LogP contribution in [0, 0.1) is 0 Å². The molecule has 0 fully saturated rings. The molecule has 0 aromatic rings. The number of halogens is 1. The molecule has 2 N–H and O–H groups in total. The van der Waals surface area contributed by atoms with Gasteiger partial charge in [0, 0.05) is 0 Å². The molecule has 6 heteroatoms. The van der Waals surface area contributed by atoms with Crippen LogP contribution in [0.1, 0.15) is 1.43 Å². The van der Waals surface area contributed by atoms with Gasteiger partial charge in [-0.25, -0.2) is 0 Å². The second-order valence-corrected chi connectivity index (χ2v) is 0.848. The van der Waals surface area contributed by atoms with Crippen LogP contribution < -0.4 is 51.4 Å². The maximum atomic E-state index is 8.74. The van der Waals surface area contributed by atoms with Crippen molar-refractivity contribution in [1.29, 1.82) is 0 Å². The van der Waals surface area contributed by atoms with Gasteiger partial charge in [0.15, 0.2) is 0 Å². The Morgan fingerprint density at radius 2 is 1.50 bits per heavy atom. The summed E-state index contributed by atoms with van der Waals surface area (Å²) in [5.74, 6) is 0. The number of rotatable bonds is 0. The summed E-state index contributed by atoms with van der Waals surface area (Å²) in [6.07, 6.45) is 0. The largest absolute Gasteiger partial charge is 1.00 e. The molecule has 0 aliphatic heterocycles. The molecular weight excluding hydrogens is 134 g/mol. The molecule has 3 nitrogen and oxygen atoms in total. The Labute approximate surface area is 79.5 Å². The van der Waals surface area contributed by atoms with E-state index >= 15 is 0 Å². The van der Waals surface area contributed by atoms with Gasteiger partial charge in [-0.15, -0.1) is 0 Å². The molecule has 0 saturated heterocycles. The summed E-state index contributed by atoms with van der Waals surface area (Å²) in [6.45, 7) is 0. The average Bonchev–Trinajstić information content (AvgIpc) is 0.811. The van der Waals surface area contributed by atoms with E-state index in [1.54, 1.807) is 0 Å². The topological polar surface area (TPSA) is 57.5 Å². The van der Waals surface area contributed by atoms with Crippen LogP contribution in [-0.2, 0) is 4.46 Å². The zero-order valence-corrected chi connectivity index (χ0v) is 7.33. The van der Waals surface area contributed by atoms with Gasteiger partial charge in [0.1, 0.15) is 0 Å². The first-order chi connectivity index (χ1) is 1.73. The van der Waals surface area contributed by atoms with Crippen LogP contribution in [0.4, 0.5) is 4.70 Å². The second kappa shape index (κ2) is 9.49. The minimum absolute atomic E-state index is 0. The molecule has 0 aliphatic rings. The Morgan fingerprint density at radius 1 is 1.50 bits per heavy atom. The van der Waals surface area contributed by atoms with E-state index < -0.39 is 9.17 Å². The zero-order valence-electron chi connectivity index (χ0n) is 4.21. The van der Waals surface area contributed by atoms with E-state index in [1.165, 1.54) is 0 Å². The standard InChI is InChI=1S/FH.K.H2O3Si.H/c;;1-4(2)3;/h1H;;1-2H;/q;+1;;-1. The van der Waals surface area contributed by atoms with E-state index in [-0.39, 0.29) is 57.5 Å². The van der Waals surface area contributed by atoms with Crippen molar-refractivity contribution in [3.05, 3.63) is 0 Å². The molecule has 0 rings (SSSR count). The van der Waals surface area contributed by atoms with Crippen LogP contribution in [0.3, 0.4) is 0 Å². The van der Waals surface area contributed by atoms with Crippen LogP contribution in [-0.4, -0.2) is 18.8 Å². The molecule has 6 heavy (non-hydrogen) atoms. The molecule has 0 spiro atoms. The Hall–Kier alpha value is 1.18.